The van der Waals surface area contributed by atoms with Crippen molar-refractivity contribution in [3.8, 4) is 0 Å². The van der Waals surface area contributed by atoms with Crippen LogP contribution < -0.4 is 0 Å². The zero-order chi connectivity index (χ0) is 12.3. The third-order valence-electron chi connectivity index (χ3n) is 3.05. The van der Waals surface area contributed by atoms with Crippen LogP contribution in [0.5, 0.6) is 0 Å². The fourth-order valence-electron chi connectivity index (χ4n) is 2.05. The molecule has 0 unspecified atom stereocenters. The van der Waals surface area contributed by atoms with Crippen LogP contribution in [0.3, 0.4) is 0 Å². The minimum atomic E-state index is 0.580. The summed E-state index contributed by atoms with van der Waals surface area (Å²) in [5.41, 5.74) is 2.86. The molecule has 1 nitrogen and oxygen atoms in total. The number of rotatable bonds is 9. The number of unbranched alkanes of at least 4 members (excludes halogenated alkanes) is 4. The highest BCUT2D eigenvalue weighted by atomic mass is 16.1. The molecule has 1 aromatic carbocycles. The molecule has 1 aromatic rings. The lowest BCUT2D eigenvalue weighted by Crippen LogP contribution is -1.90. The van der Waals surface area contributed by atoms with Crippen molar-refractivity contribution in [1.82, 2.24) is 0 Å². The second-order valence-electron chi connectivity index (χ2n) is 4.63. The third-order valence-corrected chi connectivity index (χ3v) is 3.05. The average molecular weight is 231 g/mol. The second kappa shape index (κ2) is 8.98. The molecule has 0 amide bonds. The summed E-state index contributed by atoms with van der Waals surface area (Å²) in [4.78, 5) is 10.1. The predicted octanol–water partition coefficient (Wildman–Crippen LogP) is 4.24. The smallest absolute Gasteiger partial charge is 0.198 e. The molecule has 0 spiro atoms. The van der Waals surface area contributed by atoms with Crippen LogP contribution in [0.2, 0.25) is 0 Å². The van der Waals surface area contributed by atoms with Gasteiger partial charge in [0.25, 0.3) is 0 Å². The van der Waals surface area contributed by atoms with E-state index >= 15 is 0 Å². The minimum Gasteiger partial charge on any atom is -0.291 e. The fourth-order valence-corrected chi connectivity index (χ4v) is 2.05. The zero-order valence-electron chi connectivity index (χ0n) is 10.9. The van der Waals surface area contributed by atoms with Gasteiger partial charge in [0.2, 0.25) is 0 Å². The van der Waals surface area contributed by atoms with Crippen LogP contribution in [0.4, 0.5) is 0 Å². The Labute approximate surface area is 105 Å². The molecule has 0 aliphatic heterocycles. The van der Waals surface area contributed by atoms with Gasteiger partial charge in [-0.15, -0.1) is 0 Å². The Morgan fingerprint density at radius 3 is 2.24 bits per heavy atom. The van der Waals surface area contributed by atoms with Crippen LogP contribution in [-0.4, -0.2) is 6.29 Å². The highest BCUT2D eigenvalue weighted by Gasteiger charge is 1.97. The van der Waals surface area contributed by atoms with Gasteiger partial charge >= 0.3 is 0 Å². The van der Waals surface area contributed by atoms with E-state index in [0.29, 0.717) is 6.42 Å². The molecule has 0 N–H and O–H groups in total. The SMILES string of the molecule is CCCCCc1cccc(CCCC[C]=O)c1. The van der Waals surface area contributed by atoms with E-state index in [1.807, 2.05) is 6.29 Å². The highest BCUT2D eigenvalue weighted by Crippen LogP contribution is 2.12. The predicted molar refractivity (Wildman–Crippen MR) is 72.9 cm³/mol. The van der Waals surface area contributed by atoms with Gasteiger partial charge in [0.1, 0.15) is 0 Å². The molecule has 0 aliphatic rings. The van der Waals surface area contributed by atoms with Crippen molar-refractivity contribution in [1.29, 1.82) is 0 Å². The van der Waals surface area contributed by atoms with Gasteiger partial charge in [-0.2, -0.15) is 0 Å². The van der Waals surface area contributed by atoms with Gasteiger partial charge in [-0.3, -0.25) is 4.79 Å². The van der Waals surface area contributed by atoms with Gasteiger partial charge in [0.15, 0.2) is 6.29 Å². The standard InChI is InChI=1S/C16H23O/c1-2-3-5-9-15-11-8-12-16(14-15)10-6-4-7-13-17/h8,11-12,14H,2-7,9-10H2,1H3. The summed E-state index contributed by atoms with van der Waals surface area (Å²) in [6, 6.07) is 8.88. The van der Waals surface area contributed by atoms with Crippen LogP contribution in [-0.2, 0) is 17.6 Å². The molecule has 1 heteroatoms. The van der Waals surface area contributed by atoms with Crippen LogP contribution in [0, 0.1) is 0 Å². The van der Waals surface area contributed by atoms with Gasteiger partial charge < -0.3 is 0 Å². The first-order valence-corrected chi connectivity index (χ1v) is 6.79. The monoisotopic (exact) mass is 231 g/mol. The Hall–Kier alpha value is -1.11. The first-order chi connectivity index (χ1) is 8.36. The summed E-state index contributed by atoms with van der Waals surface area (Å²) in [5.74, 6) is 0. The number of benzene rings is 1. The van der Waals surface area contributed by atoms with Crippen molar-refractivity contribution in [2.24, 2.45) is 0 Å². The summed E-state index contributed by atoms with van der Waals surface area (Å²) in [7, 11) is 0. The molecular formula is C16H23O. The normalized spacial score (nSPS) is 10.4. The van der Waals surface area contributed by atoms with Gasteiger partial charge in [-0.1, -0.05) is 44.0 Å². The fraction of sp³-hybridized carbons (Fsp3) is 0.562. The largest absolute Gasteiger partial charge is 0.291 e. The molecule has 0 aliphatic carbocycles. The van der Waals surface area contributed by atoms with Gasteiger partial charge in [-0.25, -0.2) is 0 Å². The Balaban J connectivity index is 2.34. The maximum Gasteiger partial charge on any atom is 0.198 e. The quantitative estimate of drug-likeness (QED) is 0.581. The van der Waals surface area contributed by atoms with Gasteiger partial charge in [-0.05, 0) is 43.2 Å². The molecule has 0 fully saturated rings. The van der Waals surface area contributed by atoms with E-state index in [0.717, 1.165) is 19.3 Å². The molecule has 1 radical (unpaired) electrons. The summed E-state index contributed by atoms with van der Waals surface area (Å²) in [6.07, 6.45) is 10.8. The van der Waals surface area contributed by atoms with Crippen LogP contribution in [0.15, 0.2) is 24.3 Å². The van der Waals surface area contributed by atoms with E-state index in [9.17, 15) is 4.79 Å². The highest BCUT2D eigenvalue weighted by molar-refractivity contribution is 5.50. The van der Waals surface area contributed by atoms with E-state index in [1.54, 1.807) is 0 Å². The Morgan fingerprint density at radius 2 is 1.65 bits per heavy atom. The van der Waals surface area contributed by atoms with Crippen LogP contribution >= 0.6 is 0 Å². The zero-order valence-corrected chi connectivity index (χ0v) is 10.9. The maximum atomic E-state index is 10.1. The molecule has 93 valence electrons. The average Bonchev–Trinajstić information content (AvgIpc) is 2.36. The molecule has 0 aromatic heterocycles. The van der Waals surface area contributed by atoms with E-state index in [-0.39, 0.29) is 0 Å². The number of carbonyl (C=O) groups excluding carboxylic acids is 1. The third kappa shape index (κ3) is 6.25. The molecule has 17 heavy (non-hydrogen) atoms. The summed E-state index contributed by atoms with van der Waals surface area (Å²) >= 11 is 0. The first kappa shape index (κ1) is 14.0. The van der Waals surface area contributed by atoms with E-state index in [1.165, 1.54) is 36.8 Å². The van der Waals surface area contributed by atoms with Gasteiger partial charge in [0, 0.05) is 6.42 Å². The van der Waals surface area contributed by atoms with Crippen molar-refractivity contribution in [2.45, 2.75) is 58.3 Å². The van der Waals surface area contributed by atoms with Crippen LogP contribution in [0.1, 0.15) is 56.6 Å². The molecular weight excluding hydrogens is 208 g/mol. The van der Waals surface area contributed by atoms with Crippen molar-refractivity contribution < 1.29 is 4.79 Å². The summed E-state index contributed by atoms with van der Waals surface area (Å²) in [5, 5.41) is 0. The van der Waals surface area contributed by atoms with E-state index in [4.69, 9.17) is 0 Å². The number of hydrogen-bond donors (Lipinski definition) is 0. The number of hydrogen-bond acceptors (Lipinski definition) is 1. The Morgan fingerprint density at radius 1 is 1.00 bits per heavy atom. The van der Waals surface area contributed by atoms with E-state index in [2.05, 4.69) is 31.2 Å². The molecule has 0 saturated heterocycles. The van der Waals surface area contributed by atoms with Gasteiger partial charge in [0.05, 0.1) is 0 Å². The minimum absolute atomic E-state index is 0.580. The maximum absolute atomic E-state index is 10.1. The van der Waals surface area contributed by atoms with Crippen molar-refractivity contribution in [3.05, 3.63) is 35.4 Å². The van der Waals surface area contributed by atoms with Crippen molar-refractivity contribution in [2.75, 3.05) is 0 Å². The molecule has 0 atom stereocenters. The lowest BCUT2D eigenvalue weighted by atomic mass is 10.0. The van der Waals surface area contributed by atoms with E-state index < -0.39 is 0 Å². The summed E-state index contributed by atoms with van der Waals surface area (Å²) in [6.45, 7) is 2.24. The Bertz CT molecular complexity index is 317. The lowest BCUT2D eigenvalue weighted by molar-refractivity contribution is 0.546. The Kier molecular flexibility index (Phi) is 7.37. The van der Waals surface area contributed by atoms with Crippen LogP contribution in [0.25, 0.3) is 0 Å². The van der Waals surface area contributed by atoms with Crippen molar-refractivity contribution >= 4 is 6.29 Å². The molecule has 0 saturated carbocycles. The molecule has 1 rings (SSSR count). The second-order valence-corrected chi connectivity index (χ2v) is 4.63. The van der Waals surface area contributed by atoms with Crippen molar-refractivity contribution in [3.63, 3.8) is 0 Å². The number of aryl methyl sites for hydroxylation is 2. The lowest BCUT2D eigenvalue weighted by Gasteiger charge is -2.04. The topological polar surface area (TPSA) is 17.1 Å². The molecule has 0 bridgehead atoms. The summed E-state index contributed by atoms with van der Waals surface area (Å²) < 4.78 is 0. The first-order valence-electron chi connectivity index (χ1n) is 6.79. The molecule has 0 heterocycles.